The lowest BCUT2D eigenvalue weighted by atomic mass is 9.88. The summed E-state index contributed by atoms with van der Waals surface area (Å²) < 4.78 is 6.28. The molecule has 0 atom stereocenters. The number of fused-ring (bicyclic) bond motifs is 5. The SMILES string of the molecule is C=Cc1c(/C=C\C)oc2cccc(-c3ccc(-c4cccc5c4ccc4nc(-c6ccccc6)c(-c6ccccc6)nc45)c4ccccc34)c12. The predicted molar refractivity (Wildman–Crippen MR) is 211 cm³/mol. The number of allylic oxidation sites excluding steroid dienone is 1. The minimum absolute atomic E-state index is 0.822. The third-order valence-corrected chi connectivity index (χ3v) is 9.59. The number of hydrogen-bond donors (Lipinski definition) is 0. The Hall–Kier alpha value is -6.58. The van der Waals surface area contributed by atoms with E-state index in [-0.39, 0.29) is 0 Å². The Morgan fingerprint density at radius 1 is 0.520 bits per heavy atom. The first-order valence-electron chi connectivity index (χ1n) is 16.9. The highest BCUT2D eigenvalue weighted by Crippen LogP contribution is 2.43. The molecular formula is C47H32N2O. The van der Waals surface area contributed by atoms with Crippen molar-refractivity contribution in [2.45, 2.75) is 6.92 Å². The summed E-state index contributed by atoms with van der Waals surface area (Å²) in [5, 5.41) is 5.65. The summed E-state index contributed by atoms with van der Waals surface area (Å²) in [5.74, 6) is 0.822. The van der Waals surface area contributed by atoms with Gasteiger partial charge in [0.1, 0.15) is 11.3 Å². The molecule has 3 heteroatoms. The van der Waals surface area contributed by atoms with Crippen molar-refractivity contribution in [3.8, 4) is 44.8 Å². The average molecular weight is 641 g/mol. The Kier molecular flexibility index (Phi) is 7.18. The van der Waals surface area contributed by atoms with Crippen LogP contribution in [0.3, 0.4) is 0 Å². The highest BCUT2D eigenvalue weighted by atomic mass is 16.3. The minimum atomic E-state index is 0.822. The van der Waals surface area contributed by atoms with Crippen molar-refractivity contribution in [1.82, 2.24) is 9.97 Å². The van der Waals surface area contributed by atoms with Crippen molar-refractivity contribution in [2.24, 2.45) is 0 Å². The molecule has 7 aromatic carbocycles. The number of furan rings is 1. The zero-order valence-electron chi connectivity index (χ0n) is 27.6. The normalized spacial score (nSPS) is 11.7. The van der Waals surface area contributed by atoms with Gasteiger partial charge in [-0.05, 0) is 63.5 Å². The summed E-state index contributed by atoms with van der Waals surface area (Å²) in [6, 6.07) is 51.0. The van der Waals surface area contributed by atoms with Crippen molar-refractivity contribution in [3.05, 3.63) is 170 Å². The Bertz CT molecular complexity index is 2770. The van der Waals surface area contributed by atoms with Gasteiger partial charge in [-0.1, -0.05) is 152 Å². The number of hydrogen-bond acceptors (Lipinski definition) is 3. The van der Waals surface area contributed by atoms with E-state index in [1.165, 1.54) is 16.3 Å². The maximum atomic E-state index is 6.28. The maximum absolute atomic E-state index is 6.28. The van der Waals surface area contributed by atoms with E-state index in [1.54, 1.807) is 0 Å². The maximum Gasteiger partial charge on any atom is 0.136 e. The molecule has 9 aromatic rings. The highest BCUT2D eigenvalue weighted by molar-refractivity contribution is 6.16. The Morgan fingerprint density at radius 3 is 1.76 bits per heavy atom. The molecule has 0 N–H and O–H groups in total. The molecule has 9 rings (SSSR count). The van der Waals surface area contributed by atoms with Crippen molar-refractivity contribution >= 4 is 55.7 Å². The number of benzene rings is 7. The molecule has 0 saturated heterocycles. The molecule has 0 aliphatic rings. The fourth-order valence-electron chi connectivity index (χ4n) is 7.37. The fraction of sp³-hybridized carbons (Fsp3) is 0.0213. The zero-order chi connectivity index (χ0) is 33.6. The van der Waals surface area contributed by atoms with Gasteiger partial charge in [0.05, 0.1) is 22.4 Å². The van der Waals surface area contributed by atoms with Gasteiger partial charge < -0.3 is 4.42 Å². The van der Waals surface area contributed by atoms with E-state index in [1.807, 2.05) is 55.5 Å². The number of nitrogens with zero attached hydrogens (tertiary/aromatic N) is 2. The van der Waals surface area contributed by atoms with Crippen LogP contribution in [0, 0.1) is 0 Å². The summed E-state index contributed by atoms with van der Waals surface area (Å²) in [4.78, 5) is 10.6. The van der Waals surface area contributed by atoms with Gasteiger partial charge in [-0.2, -0.15) is 0 Å². The van der Waals surface area contributed by atoms with Crippen LogP contribution in [0.4, 0.5) is 0 Å². The van der Waals surface area contributed by atoms with Gasteiger partial charge in [0.2, 0.25) is 0 Å². The van der Waals surface area contributed by atoms with E-state index in [0.29, 0.717) is 0 Å². The summed E-state index contributed by atoms with van der Waals surface area (Å²) in [5.41, 5.74) is 12.1. The average Bonchev–Trinajstić information content (AvgIpc) is 3.55. The van der Waals surface area contributed by atoms with Crippen LogP contribution >= 0.6 is 0 Å². The van der Waals surface area contributed by atoms with Crippen LogP contribution in [0.2, 0.25) is 0 Å². The van der Waals surface area contributed by atoms with E-state index in [4.69, 9.17) is 14.4 Å². The lowest BCUT2D eigenvalue weighted by molar-refractivity contribution is 0.603. The van der Waals surface area contributed by atoms with E-state index >= 15 is 0 Å². The largest absolute Gasteiger partial charge is 0.456 e. The first-order chi connectivity index (χ1) is 24.7. The van der Waals surface area contributed by atoms with E-state index in [0.717, 1.165) is 83.3 Å². The molecule has 0 bridgehead atoms. The van der Waals surface area contributed by atoms with Gasteiger partial charge in [0.15, 0.2) is 0 Å². The smallest absolute Gasteiger partial charge is 0.136 e. The van der Waals surface area contributed by atoms with Gasteiger partial charge in [0, 0.05) is 27.5 Å². The molecule has 0 fully saturated rings. The van der Waals surface area contributed by atoms with Crippen molar-refractivity contribution in [1.29, 1.82) is 0 Å². The van der Waals surface area contributed by atoms with Crippen LogP contribution in [0.25, 0.3) is 100 Å². The highest BCUT2D eigenvalue weighted by Gasteiger charge is 2.19. The molecule has 0 radical (unpaired) electrons. The lowest BCUT2D eigenvalue weighted by Gasteiger charge is -2.16. The van der Waals surface area contributed by atoms with Crippen molar-refractivity contribution in [2.75, 3.05) is 0 Å². The monoisotopic (exact) mass is 640 g/mol. The quantitative estimate of drug-likeness (QED) is 0.170. The first kappa shape index (κ1) is 29.6. The first-order valence-corrected chi connectivity index (χ1v) is 16.9. The summed E-state index contributed by atoms with van der Waals surface area (Å²) >= 11 is 0. The Balaban J connectivity index is 1.27. The van der Waals surface area contributed by atoms with Gasteiger partial charge in [-0.3, -0.25) is 0 Å². The number of rotatable bonds is 6. The van der Waals surface area contributed by atoms with E-state index < -0.39 is 0 Å². The van der Waals surface area contributed by atoms with Gasteiger partial charge in [0.25, 0.3) is 0 Å². The standard InChI is InChI=1S/C47H32N2O/c1-3-15-42-32(4-2)44-39(23-14-25-43(44)50-42)37-27-26-36(33-20-11-12-21-34(33)37)35-22-13-24-40-38(35)28-29-41-47(40)49-46(31-18-9-6-10-19-31)45(48-41)30-16-7-5-8-17-30/h3-29H,2H2,1H3/b15-3-. The van der Waals surface area contributed by atoms with Crippen LogP contribution in [-0.2, 0) is 0 Å². The Labute approximate surface area is 290 Å². The van der Waals surface area contributed by atoms with Crippen LogP contribution in [0.5, 0.6) is 0 Å². The van der Waals surface area contributed by atoms with Gasteiger partial charge in [-0.15, -0.1) is 0 Å². The van der Waals surface area contributed by atoms with E-state index in [9.17, 15) is 0 Å². The molecule has 0 aliphatic carbocycles. The number of aromatic nitrogens is 2. The summed E-state index contributed by atoms with van der Waals surface area (Å²) in [7, 11) is 0. The molecule has 0 unspecified atom stereocenters. The van der Waals surface area contributed by atoms with Crippen molar-refractivity contribution in [3.63, 3.8) is 0 Å². The second kappa shape index (κ2) is 12.1. The lowest BCUT2D eigenvalue weighted by Crippen LogP contribution is -1.96. The molecule has 236 valence electrons. The molecule has 2 heterocycles. The van der Waals surface area contributed by atoms with Crippen LogP contribution in [0.15, 0.2) is 163 Å². The van der Waals surface area contributed by atoms with Crippen molar-refractivity contribution < 1.29 is 4.42 Å². The molecular weight excluding hydrogens is 609 g/mol. The molecule has 0 spiro atoms. The summed E-state index contributed by atoms with van der Waals surface area (Å²) in [6.45, 7) is 6.14. The summed E-state index contributed by atoms with van der Waals surface area (Å²) in [6.07, 6.45) is 5.90. The molecule has 0 aliphatic heterocycles. The zero-order valence-corrected chi connectivity index (χ0v) is 27.6. The fourth-order valence-corrected chi connectivity index (χ4v) is 7.37. The molecule has 50 heavy (non-hydrogen) atoms. The molecule has 0 amide bonds. The van der Waals surface area contributed by atoms with Gasteiger partial charge >= 0.3 is 0 Å². The molecule has 2 aromatic heterocycles. The molecule has 3 nitrogen and oxygen atoms in total. The third-order valence-electron chi connectivity index (χ3n) is 9.59. The molecule has 0 saturated carbocycles. The van der Waals surface area contributed by atoms with Crippen LogP contribution < -0.4 is 0 Å². The second-order valence-electron chi connectivity index (χ2n) is 12.5. The minimum Gasteiger partial charge on any atom is -0.456 e. The van der Waals surface area contributed by atoms with E-state index in [2.05, 4.69) is 122 Å². The Morgan fingerprint density at radius 2 is 1.08 bits per heavy atom. The predicted octanol–water partition coefficient (Wildman–Crippen LogP) is 13.0. The van der Waals surface area contributed by atoms with Crippen LogP contribution in [0.1, 0.15) is 18.2 Å². The second-order valence-corrected chi connectivity index (χ2v) is 12.5. The topological polar surface area (TPSA) is 38.9 Å². The van der Waals surface area contributed by atoms with Gasteiger partial charge in [-0.25, -0.2) is 9.97 Å². The third kappa shape index (κ3) is 4.75. The van der Waals surface area contributed by atoms with Crippen LogP contribution in [-0.4, -0.2) is 9.97 Å².